The molecule has 1 heterocycles. The number of rotatable bonds is 1. The van der Waals surface area contributed by atoms with Gasteiger partial charge in [-0.15, -0.1) is 0 Å². The third-order valence-electron chi connectivity index (χ3n) is 3.81. The van der Waals surface area contributed by atoms with E-state index in [1.807, 2.05) is 45.9 Å². The van der Waals surface area contributed by atoms with Gasteiger partial charge in [-0.25, -0.2) is 4.79 Å². The minimum absolute atomic E-state index is 0.363. The minimum atomic E-state index is -0.437. The summed E-state index contributed by atoms with van der Waals surface area (Å²) in [5.41, 5.74) is -0.875. The van der Waals surface area contributed by atoms with Crippen LogP contribution >= 0.6 is 0 Å². The van der Waals surface area contributed by atoms with Crippen molar-refractivity contribution in [1.29, 1.82) is 0 Å². The largest absolute Gasteiger partial charge is 0.416 e. The highest BCUT2D eigenvalue weighted by atomic mass is 16.6. The van der Waals surface area contributed by atoms with Crippen LogP contribution in [-0.4, -0.2) is 33.3 Å². The third kappa shape index (κ3) is 2.96. The highest BCUT2D eigenvalue weighted by molar-refractivity contribution is 5.72. The molecule has 0 unspecified atom stereocenters. The standard InChI is InChI=1S/C16H23NO3/c1-15(2)10-12(18)11-16(3,4)17(15)14(19)20-13-8-6-5-7-9-13/h5-9,12,18H,10-11H2,1-4H3. The Morgan fingerprint density at radius 3 is 2.15 bits per heavy atom. The van der Waals surface area contributed by atoms with Gasteiger partial charge >= 0.3 is 6.09 Å². The number of benzene rings is 1. The predicted molar refractivity (Wildman–Crippen MR) is 77.7 cm³/mol. The number of hydrogen-bond donors (Lipinski definition) is 1. The number of aliphatic hydroxyl groups excluding tert-OH is 1. The van der Waals surface area contributed by atoms with E-state index in [1.165, 1.54) is 0 Å². The molecule has 1 aliphatic heterocycles. The van der Waals surface area contributed by atoms with Crippen molar-refractivity contribution < 1.29 is 14.6 Å². The third-order valence-corrected chi connectivity index (χ3v) is 3.81. The van der Waals surface area contributed by atoms with Crippen LogP contribution in [0.15, 0.2) is 30.3 Å². The second-order valence-electron chi connectivity index (χ2n) is 6.70. The van der Waals surface area contributed by atoms with Crippen molar-refractivity contribution in [2.75, 3.05) is 0 Å². The Morgan fingerprint density at radius 2 is 1.65 bits per heavy atom. The van der Waals surface area contributed by atoms with E-state index in [9.17, 15) is 9.90 Å². The maximum absolute atomic E-state index is 12.5. The highest BCUT2D eigenvalue weighted by Gasteiger charge is 2.48. The number of nitrogens with zero attached hydrogens (tertiary/aromatic N) is 1. The number of likely N-dealkylation sites (tertiary alicyclic amines) is 1. The zero-order chi connectivity index (χ0) is 15.0. The van der Waals surface area contributed by atoms with Crippen LogP contribution in [0.5, 0.6) is 5.75 Å². The molecule has 0 radical (unpaired) electrons. The summed E-state index contributed by atoms with van der Waals surface area (Å²) < 4.78 is 5.47. The number of carbonyl (C=O) groups is 1. The molecule has 0 saturated carbocycles. The van der Waals surface area contributed by atoms with Crippen LogP contribution in [0.3, 0.4) is 0 Å². The van der Waals surface area contributed by atoms with E-state index in [0.717, 1.165) is 0 Å². The first kappa shape index (κ1) is 14.9. The molecule has 20 heavy (non-hydrogen) atoms. The molecule has 4 nitrogen and oxygen atoms in total. The van der Waals surface area contributed by atoms with Crippen molar-refractivity contribution in [2.24, 2.45) is 0 Å². The lowest BCUT2D eigenvalue weighted by Crippen LogP contribution is -2.64. The summed E-state index contributed by atoms with van der Waals surface area (Å²) in [6, 6.07) is 9.06. The van der Waals surface area contributed by atoms with Gasteiger partial charge in [-0.05, 0) is 52.7 Å². The lowest BCUT2D eigenvalue weighted by Gasteiger charge is -2.53. The Balaban J connectivity index is 2.22. The summed E-state index contributed by atoms with van der Waals surface area (Å²) >= 11 is 0. The smallest absolute Gasteiger partial charge is 0.410 e. The first-order chi connectivity index (χ1) is 9.22. The molecule has 1 amide bonds. The van der Waals surface area contributed by atoms with Gasteiger partial charge in [0.15, 0.2) is 0 Å². The molecule has 1 saturated heterocycles. The van der Waals surface area contributed by atoms with Crippen LogP contribution < -0.4 is 4.74 Å². The van der Waals surface area contributed by atoms with Crippen LogP contribution in [0.25, 0.3) is 0 Å². The molecule has 4 heteroatoms. The molecular formula is C16H23NO3. The normalized spacial score (nSPS) is 21.6. The number of para-hydroxylation sites is 1. The monoisotopic (exact) mass is 277 g/mol. The Kier molecular flexibility index (Phi) is 3.78. The van der Waals surface area contributed by atoms with E-state index in [1.54, 1.807) is 17.0 Å². The minimum Gasteiger partial charge on any atom is -0.410 e. The predicted octanol–water partition coefficient (Wildman–Crippen LogP) is 3.20. The quantitative estimate of drug-likeness (QED) is 0.857. The van der Waals surface area contributed by atoms with E-state index < -0.39 is 11.1 Å². The van der Waals surface area contributed by atoms with Crippen molar-refractivity contribution in [3.63, 3.8) is 0 Å². The second-order valence-corrected chi connectivity index (χ2v) is 6.70. The summed E-state index contributed by atoms with van der Waals surface area (Å²) in [7, 11) is 0. The lowest BCUT2D eigenvalue weighted by molar-refractivity contribution is -0.0606. The zero-order valence-corrected chi connectivity index (χ0v) is 12.6. The van der Waals surface area contributed by atoms with Crippen LogP contribution in [-0.2, 0) is 0 Å². The first-order valence-electron chi connectivity index (χ1n) is 6.98. The lowest BCUT2D eigenvalue weighted by atomic mass is 9.78. The highest BCUT2D eigenvalue weighted by Crippen LogP contribution is 2.38. The number of aliphatic hydroxyl groups is 1. The van der Waals surface area contributed by atoms with Gasteiger partial charge in [-0.3, -0.25) is 4.90 Å². The van der Waals surface area contributed by atoms with E-state index in [4.69, 9.17) is 4.74 Å². The fourth-order valence-corrected chi connectivity index (χ4v) is 3.36. The van der Waals surface area contributed by atoms with Crippen molar-refractivity contribution in [3.05, 3.63) is 30.3 Å². The molecule has 1 aromatic rings. The molecule has 110 valence electrons. The molecule has 1 fully saturated rings. The first-order valence-corrected chi connectivity index (χ1v) is 6.98. The fraction of sp³-hybridized carbons (Fsp3) is 0.562. The number of ether oxygens (including phenoxy) is 1. The van der Waals surface area contributed by atoms with Gasteiger partial charge in [-0.1, -0.05) is 18.2 Å². The molecule has 0 aliphatic carbocycles. The summed E-state index contributed by atoms with van der Waals surface area (Å²) in [6.45, 7) is 7.85. The molecule has 0 atom stereocenters. The van der Waals surface area contributed by atoms with Crippen LogP contribution in [0.1, 0.15) is 40.5 Å². The molecule has 0 aromatic heterocycles. The number of hydrogen-bond acceptors (Lipinski definition) is 3. The van der Waals surface area contributed by atoms with Crippen molar-refractivity contribution in [1.82, 2.24) is 4.90 Å². The summed E-state index contributed by atoms with van der Waals surface area (Å²) in [4.78, 5) is 14.3. The van der Waals surface area contributed by atoms with Gasteiger partial charge < -0.3 is 9.84 Å². The maximum atomic E-state index is 12.5. The maximum Gasteiger partial charge on any atom is 0.416 e. The van der Waals surface area contributed by atoms with Crippen molar-refractivity contribution in [3.8, 4) is 5.75 Å². The Bertz CT molecular complexity index is 464. The molecule has 0 bridgehead atoms. The average Bonchev–Trinajstić information content (AvgIpc) is 2.25. The SMILES string of the molecule is CC1(C)CC(O)CC(C)(C)N1C(=O)Oc1ccccc1. The fourth-order valence-electron chi connectivity index (χ4n) is 3.36. The second kappa shape index (κ2) is 5.09. The van der Waals surface area contributed by atoms with Gasteiger partial charge in [0, 0.05) is 11.1 Å². The van der Waals surface area contributed by atoms with Crippen LogP contribution in [0, 0.1) is 0 Å². The van der Waals surface area contributed by atoms with E-state index in [2.05, 4.69) is 0 Å². The van der Waals surface area contributed by atoms with Crippen LogP contribution in [0.4, 0.5) is 4.79 Å². The van der Waals surface area contributed by atoms with E-state index in [-0.39, 0.29) is 12.2 Å². The van der Waals surface area contributed by atoms with Gasteiger partial charge in [0.2, 0.25) is 0 Å². The van der Waals surface area contributed by atoms with Crippen LogP contribution in [0.2, 0.25) is 0 Å². The van der Waals surface area contributed by atoms with Gasteiger partial charge in [0.25, 0.3) is 0 Å². The molecule has 1 aromatic carbocycles. The van der Waals surface area contributed by atoms with Crippen molar-refractivity contribution >= 4 is 6.09 Å². The number of carbonyl (C=O) groups excluding carboxylic acids is 1. The summed E-state index contributed by atoms with van der Waals surface area (Å²) in [5.74, 6) is 0.537. The molecule has 1 aliphatic rings. The summed E-state index contributed by atoms with van der Waals surface area (Å²) in [6.07, 6.45) is 0.361. The van der Waals surface area contributed by atoms with E-state index >= 15 is 0 Å². The summed E-state index contributed by atoms with van der Waals surface area (Å²) in [5, 5.41) is 9.99. The Morgan fingerprint density at radius 1 is 1.15 bits per heavy atom. The van der Waals surface area contributed by atoms with Gasteiger partial charge in [-0.2, -0.15) is 0 Å². The zero-order valence-electron chi connectivity index (χ0n) is 12.6. The van der Waals surface area contributed by atoms with E-state index in [0.29, 0.717) is 18.6 Å². The molecule has 1 N–H and O–H groups in total. The number of piperidine rings is 1. The van der Waals surface area contributed by atoms with Gasteiger partial charge in [0.1, 0.15) is 5.75 Å². The average molecular weight is 277 g/mol. The molecular weight excluding hydrogens is 254 g/mol. The molecule has 2 rings (SSSR count). The Hall–Kier alpha value is -1.55. The number of amides is 1. The topological polar surface area (TPSA) is 49.8 Å². The molecule has 0 spiro atoms. The Labute approximate surface area is 120 Å². The van der Waals surface area contributed by atoms with Crippen molar-refractivity contribution in [2.45, 2.75) is 57.7 Å². The van der Waals surface area contributed by atoms with Gasteiger partial charge in [0.05, 0.1) is 6.10 Å².